The van der Waals surface area contributed by atoms with Crippen molar-refractivity contribution in [1.29, 1.82) is 0 Å². The summed E-state index contributed by atoms with van der Waals surface area (Å²) in [5, 5.41) is 0. The highest BCUT2D eigenvalue weighted by Gasteiger charge is 2.48. The van der Waals surface area contributed by atoms with Gasteiger partial charge in [-0.1, -0.05) is 31.9 Å². The molecule has 2 atom stereocenters. The molecule has 1 saturated carbocycles. The molecular formula is C13H20O. The Morgan fingerprint density at radius 3 is 2.86 bits per heavy atom. The molecule has 0 N–H and O–H groups in total. The summed E-state index contributed by atoms with van der Waals surface area (Å²) in [6, 6.07) is 0. The van der Waals surface area contributed by atoms with Gasteiger partial charge in [0.25, 0.3) is 0 Å². The second kappa shape index (κ2) is 3.52. The first kappa shape index (κ1) is 9.95. The molecule has 1 heteroatoms. The minimum atomic E-state index is 0.214. The van der Waals surface area contributed by atoms with Crippen molar-refractivity contribution in [2.45, 2.75) is 51.9 Å². The summed E-state index contributed by atoms with van der Waals surface area (Å²) in [4.78, 5) is 10.8. The zero-order valence-corrected chi connectivity index (χ0v) is 9.09. The van der Waals surface area contributed by atoms with E-state index in [0.717, 1.165) is 12.7 Å². The predicted molar refractivity (Wildman–Crippen MR) is 58.1 cm³/mol. The van der Waals surface area contributed by atoms with Gasteiger partial charge in [-0.25, -0.2) is 0 Å². The number of allylic oxidation sites excluding steroid dienone is 2. The van der Waals surface area contributed by atoms with Crippen molar-refractivity contribution in [2.75, 3.05) is 0 Å². The van der Waals surface area contributed by atoms with E-state index in [2.05, 4.69) is 19.1 Å². The summed E-state index contributed by atoms with van der Waals surface area (Å²) in [5.41, 5.74) is 0.617. The van der Waals surface area contributed by atoms with E-state index in [9.17, 15) is 4.79 Å². The average molecular weight is 192 g/mol. The van der Waals surface area contributed by atoms with Crippen LogP contribution in [0.3, 0.4) is 0 Å². The van der Waals surface area contributed by atoms with Crippen LogP contribution in [-0.2, 0) is 4.79 Å². The third kappa shape index (κ3) is 1.34. The number of carbonyl (C=O) groups is 1. The fourth-order valence-corrected chi connectivity index (χ4v) is 3.44. The molecule has 2 aliphatic rings. The molecule has 0 aromatic heterocycles. The Hall–Kier alpha value is -0.590. The molecule has 2 aliphatic carbocycles. The molecule has 78 valence electrons. The lowest BCUT2D eigenvalue weighted by atomic mass is 9.52. The molecule has 0 heterocycles. The van der Waals surface area contributed by atoms with Crippen molar-refractivity contribution in [3.63, 3.8) is 0 Å². The number of hydrogen-bond donors (Lipinski definition) is 0. The SMILES string of the molecule is C[C@@]12CCC=C[C@]1(CC=O)CCCC2. The van der Waals surface area contributed by atoms with Gasteiger partial charge in [-0.3, -0.25) is 0 Å². The van der Waals surface area contributed by atoms with Gasteiger partial charge in [-0.2, -0.15) is 0 Å². The highest BCUT2D eigenvalue weighted by molar-refractivity contribution is 5.52. The highest BCUT2D eigenvalue weighted by atomic mass is 16.1. The van der Waals surface area contributed by atoms with E-state index >= 15 is 0 Å². The summed E-state index contributed by atoms with van der Waals surface area (Å²) >= 11 is 0. The highest BCUT2D eigenvalue weighted by Crippen LogP contribution is 2.57. The van der Waals surface area contributed by atoms with Crippen LogP contribution in [0.5, 0.6) is 0 Å². The van der Waals surface area contributed by atoms with Gasteiger partial charge < -0.3 is 4.79 Å². The van der Waals surface area contributed by atoms with Crippen molar-refractivity contribution in [3.05, 3.63) is 12.2 Å². The minimum Gasteiger partial charge on any atom is -0.303 e. The molecule has 0 amide bonds. The van der Waals surface area contributed by atoms with E-state index in [-0.39, 0.29) is 5.41 Å². The van der Waals surface area contributed by atoms with Crippen LogP contribution in [0.4, 0.5) is 0 Å². The van der Waals surface area contributed by atoms with Crippen LogP contribution < -0.4 is 0 Å². The second-order valence-corrected chi connectivity index (χ2v) is 5.24. The summed E-state index contributed by atoms with van der Waals surface area (Å²) in [6.07, 6.45) is 14.2. The van der Waals surface area contributed by atoms with Crippen LogP contribution in [0, 0.1) is 10.8 Å². The summed E-state index contributed by atoms with van der Waals surface area (Å²) in [5.74, 6) is 0. The molecule has 0 aliphatic heterocycles. The van der Waals surface area contributed by atoms with Crippen molar-refractivity contribution >= 4 is 6.29 Å². The van der Waals surface area contributed by atoms with Crippen LogP contribution in [-0.4, -0.2) is 6.29 Å². The van der Waals surface area contributed by atoms with Gasteiger partial charge in [-0.15, -0.1) is 0 Å². The molecule has 1 fully saturated rings. The van der Waals surface area contributed by atoms with Gasteiger partial charge in [0.1, 0.15) is 6.29 Å². The van der Waals surface area contributed by atoms with Crippen LogP contribution in [0.25, 0.3) is 0 Å². The Labute approximate surface area is 86.6 Å². The Balaban J connectivity index is 2.32. The standard InChI is InChI=1S/C13H20O/c1-12-6-2-4-8-13(12,10-11-14)9-5-3-7-12/h4,8,11H,2-3,5-7,9-10H2,1H3/t12-,13+/m0/s1. The van der Waals surface area contributed by atoms with Crippen LogP contribution >= 0.6 is 0 Å². The van der Waals surface area contributed by atoms with E-state index < -0.39 is 0 Å². The molecule has 0 saturated heterocycles. The zero-order chi connectivity index (χ0) is 10.1. The Bertz CT molecular complexity index is 256. The fourth-order valence-electron chi connectivity index (χ4n) is 3.44. The number of rotatable bonds is 2. The third-order valence-corrected chi connectivity index (χ3v) is 4.55. The van der Waals surface area contributed by atoms with Crippen LogP contribution in [0.2, 0.25) is 0 Å². The van der Waals surface area contributed by atoms with E-state index in [1.54, 1.807) is 0 Å². The number of aldehydes is 1. The largest absolute Gasteiger partial charge is 0.303 e. The average Bonchev–Trinajstić information content (AvgIpc) is 2.18. The molecule has 0 radical (unpaired) electrons. The lowest BCUT2D eigenvalue weighted by molar-refractivity contribution is -0.112. The molecule has 14 heavy (non-hydrogen) atoms. The Morgan fingerprint density at radius 1 is 1.29 bits per heavy atom. The quantitative estimate of drug-likeness (QED) is 0.483. The molecule has 1 nitrogen and oxygen atoms in total. The van der Waals surface area contributed by atoms with Crippen molar-refractivity contribution in [1.82, 2.24) is 0 Å². The van der Waals surface area contributed by atoms with Gasteiger partial charge in [-0.05, 0) is 31.1 Å². The van der Waals surface area contributed by atoms with Crippen LogP contribution in [0.1, 0.15) is 51.9 Å². The molecule has 0 bridgehead atoms. The first-order valence-electron chi connectivity index (χ1n) is 5.84. The fraction of sp³-hybridized carbons (Fsp3) is 0.769. The summed E-state index contributed by atoms with van der Waals surface area (Å²) in [6.45, 7) is 2.39. The second-order valence-electron chi connectivity index (χ2n) is 5.24. The minimum absolute atomic E-state index is 0.214. The topological polar surface area (TPSA) is 17.1 Å². The molecular weight excluding hydrogens is 172 g/mol. The monoisotopic (exact) mass is 192 g/mol. The molecule has 0 unspecified atom stereocenters. The van der Waals surface area contributed by atoms with E-state index in [1.165, 1.54) is 38.5 Å². The lowest BCUT2D eigenvalue weighted by Crippen LogP contribution is -2.43. The Kier molecular flexibility index (Phi) is 2.50. The smallest absolute Gasteiger partial charge is 0.120 e. The van der Waals surface area contributed by atoms with Gasteiger partial charge in [0.05, 0.1) is 0 Å². The zero-order valence-electron chi connectivity index (χ0n) is 9.09. The third-order valence-electron chi connectivity index (χ3n) is 4.55. The number of hydrogen-bond acceptors (Lipinski definition) is 1. The van der Waals surface area contributed by atoms with E-state index in [4.69, 9.17) is 0 Å². The maximum absolute atomic E-state index is 10.8. The maximum Gasteiger partial charge on any atom is 0.120 e. The molecule has 0 spiro atoms. The first-order chi connectivity index (χ1) is 6.72. The molecule has 2 rings (SSSR count). The summed E-state index contributed by atoms with van der Waals surface area (Å²) < 4.78 is 0. The van der Waals surface area contributed by atoms with Gasteiger partial charge in [0.2, 0.25) is 0 Å². The van der Waals surface area contributed by atoms with E-state index in [1.807, 2.05) is 0 Å². The molecule has 0 aromatic rings. The van der Waals surface area contributed by atoms with Gasteiger partial charge in [0, 0.05) is 11.8 Å². The number of carbonyl (C=O) groups excluding carboxylic acids is 1. The normalized spacial score (nSPS) is 41.8. The van der Waals surface area contributed by atoms with Gasteiger partial charge >= 0.3 is 0 Å². The van der Waals surface area contributed by atoms with E-state index in [0.29, 0.717) is 5.41 Å². The van der Waals surface area contributed by atoms with Crippen molar-refractivity contribution < 1.29 is 4.79 Å². The Morgan fingerprint density at radius 2 is 2.07 bits per heavy atom. The lowest BCUT2D eigenvalue weighted by Gasteiger charge is -2.52. The predicted octanol–water partition coefficient (Wildman–Crippen LogP) is 3.49. The summed E-state index contributed by atoms with van der Waals surface area (Å²) in [7, 11) is 0. The van der Waals surface area contributed by atoms with Gasteiger partial charge in [0.15, 0.2) is 0 Å². The van der Waals surface area contributed by atoms with Crippen molar-refractivity contribution in [2.24, 2.45) is 10.8 Å². The molecule has 0 aromatic carbocycles. The maximum atomic E-state index is 10.8. The van der Waals surface area contributed by atoms with Crippen molar-refractivity contribution in [3.8, 4) is 0 Å². The van der Waals surface area contributed by atoms with Crippen LogP contribution in [0.15, 0.2) is 12.2 Å². The number of fused-ring (bicyclic) bond motifs is 1. The first-order valence-corrected chi connectivity index (χ1v) is 5.84.